The molecule has 25 heavy (non-hydrogen) atoms. The summed E-state index contributed by atoms with van der Waals surface area (Å²) in [4.78, 5) is 23.4. The minimum absolute atomic E-state index is 0.0255. The number of rotatable bonds is 5. The smallest absolute Gasteiger partial charge is 0.273 e. The molecule has 0 saturated carbocycles. The molecule has 1 aromatic carbocycles. The zero-order chi connectivity index (χ0) is 17.1. The van der Waals surface area contributed by atoms with Gasteiger partial charge in [-0.2, -0.15) is 5.10 Å². The third-order valence-corrected chi connectivity index (χ3v) is 5.44. The summed E-state index contributed by atoms with van der Waals surface area (Å²) in [5.74, 6) is 0.628. The van der Waals surface area contributed by atoms with Crippen molar-refractivity contribution in [2.75, 3.05) is 6.54 Å². The van der Waals surface area contributed by atoms with Crippen LogP contribution in [0.3, 0.4) is 0 Å². The van der Waals surface area contributed by atoms with Crippen LogP contribution in [0.4, 0.5) is 0 Å². The fraction of sp³-hybridized carbons (Fsp3) is 0.333. The van der Waals surface area contributed by atoms with Crippen molar-refractivity contribution in [3.8, 4) is 10.8 Å². The van der Waals surface area contributed by atoms with Gasteiger partial charge in [0, 0.05) is 18.0 Å². The summed E-state index contributed by atoms with van der Waals surface area (Å²) >= 11 is 1.41. The molecule has 3 heterocycles. The van der Waals surface area contributed by atoms with Gasteiger partial charge >= 0.3 is 0 Å². The van der Waals surface area contributed by atoms with Gasteiger partial charge in [0.1, 0.15) is 12.0 Å². The predicted octanol–water partition coefficient (Wildman–Crippen LogP) is 3.17. The fourth-order valence-corrected chi connectivity index (χ4v) is 4.06. The van der Waals surface area contributed by atoms with E-state index in [0.29, 0.717) is 22.6 Å². The van der Waals surface area contributed by atoms with Gasteiger partial charge in [-0.1, -0.05) is 30.3 Å². The minimum Gasteiger partial charge on any atom is -0.334 e. The van der Waals surface area contributed by atoms with Crippen molar-refractivity contribution < 1.29 is 4.79 Å². The largest absolute Gasteiger partial charge is 0.334 e. The standard InChI is InChI=1S/C18H19N5OS/c24-18(15-11-25-17(21-15)16-19-12-20-22-16)23-10-4-7-14(23)9-8-13-5-2-1-3-6-13/h1-3,5-6,11-12,14H,4,7-10H2,(H,19,20,22). The van der Waals surface area contributed by atoms with Crippen LogP contribution in [0.25, 0.3) is 10.8 Å². The van der Waals surface area contributed by atoms with Crippen LogP contribution in [0.2, 0.25) is 0 Å². The number of hydrogen-bond acceptors (Lipinski definition) is 5. The van der Waals surface area contributed by atoms with Crippen LogP contribution in [-0.2, 0) is 6.42 Å². The van der Waals surface area contributed by atoms with E-state index in [2.05, 4.69) is 44.4 Å². The van der Waals surface area contributed by atoms with Crippen molar-refractivity contribution in [3.05, 3.63) is 53.3 Å². The Bertz CT molecular complexity index is 830. The molecule has 1 aliphatic rings. The molecule has 128 valence electrons. The van der Waals surface area contributed by atoms with Crippen LogP contribution in [0, 0.1) is 0 Å². The van der Waals surface area contributed by atoms with Gasteiger partial charge in [-0.05, 0) is 31.2 Å². The number of aromatic amines is 1. The highest BCUT2D eigenvalue weighted by atomic mass is 32.1. The Labute approximate surface area is 149 Å². The summed E-state index contributed by atoms with van der Waals surface area (Å²) in [6.07, 6.45) is 5.56. The van der Waals surface area contributed by atoms with Gasteiger partial charge in [0.25, 0.3) is 5.91 Å². The van der Waals surface area contributed by atoms with E-state index in [1.807, 2.05) is 16.3 Å². The van der Waals surface area contributed by atoms with Gasteiger partial charge in [0.05, 0.1) is 0 Å². The maximum absolute atomic E-state index is 12.9. The summed E-state index contributed by atoms with van der Waals surface area (Å²) in [5.41, 5.74) is 1.83. The van der Waals surface area contributed by atoms with Crippen molar-refractivity contribution in [3.63, 3.8) is 0 Å². The average Bonchev–Trinajstić information content (AvgIpc) is 3.41. The summed E-state index contributed by atoms with van der Waals surface area (Å²) in [6, 6.07) is 10.7. The summed E-state index contributed by atoms with van der Waals surface area (Å²) in [5, 5.41) is 9.12. The SMILES string of the molecule is O=C(c1csc(-c2ncn[nH]2)n1)N1CCCC1CCc1ccccc1. The van der Waals surface area contributed by atoms with Crippen LogP contribution in [0.15, 0.2) is 42.0 Å². The molecule has 1 unspecified atom stereocenters. The number of nitrogens with one attached hydrogen (secondary N) is 1. The molecule has 0 aliphatic carbocycles. The number of amides is 1. The molecule has 3 aromatic rings. The molecule has 0 spiro atoms. The first-order valence-corrected chi connectivity index (χ1v) is 9.35. The first-order chi connectivity index (χ1) is 12.3. The van der Waals surface area contributed by atoms with E-state index in [0.717, 1.165) is 32.2 Å². The zero-order valence-electron chi connectivity index (χ0n) is 13.8. The number of likely N-dealkylation sites (tertiary alicyclic amines) is 1. The lowest BCUT2D eigenvalue weighted by Gasteiger charge is -2.24. The summed E-state index contributed by atoms with van der Waals surface area (Å²) in [6.45, 7) is 0.813. The normalized spacial score (nSPS) is 17.1. The van der Waals surface area contributed by atoms with Crippen LogP contribution in [0.5, 0.6) is 0 Å². The van der Waals surface area contributed by atoms with E-state index < -0.39 is 0 Å². The quantitative estimate of drug-likeness (QED) is 0.764. The van der Waals surface area contributed by atoms with Crippen LogP contribution < -0.4 is 0 Å². The molecule has 0 bridgehead atoms. The second-order valence-electron chi connectivity index (χ2n) is 6.19. The van der Waals surface area contributed by atoms with E-state index >= 15 is 0 Å². The van der Waals surface area contributed by atoms with E-state index in [4.69, 9.17) is 0 Å². The third-order valence-electron chi connectivity index (χ3n) is 4.59. The number of aryl methyl sites for hydroxylation is 1. The van der Waals surface area contributed by atoms with Gasteiger partial charge in [-0.15, -0.1) is 11.3 Å². The van der Waals surface area contributed by atoms with Crippen molar-refractivity contribution in [2.24, 2.45) is 0 Å². The number of carbonyl (C=O) groups is 1. The highest BCUT2D eigenvalue weighted by molar-refractivity contribution is 7.13. The molecule has 1 saturated heterocycles. The topological polar surface area (TPSA) is 74.8 Å². The van der Waals surface area contributed by atoms with E-state index in [1.165, 1.54) is 23.2 Å². The molecular weight excluding hydrogens is 334 g/mol. The Hall–Kier alpha value is -2.54. The first-order valence-electron chi connectivity index (χ1n) is 8.47. The predicted molar refractivity (Wildman–Crippen MR) is 96.3 cm³/mol. The maximum atomic E-state index is 12.9. The van der Waals surface area contributed by atoms with Crippen LogP contribution in [0.1, 0.15) is 35.3 Å². The third kappa shape index (κ3) is 3.46. The lowest BCUT2D eigenvalue weighted by atomic mass is 10.0. The second-order valence-corrected chi connectivity index (χ2v) is 7.05. The molecule has 1 aliphatic heterocycles. The number of H-pyrrole nitrogens is 1. The molecule has 0 radical (unpaired) electrons. The highest BCUT2D eigenvalue weighted by Gasteiger charge is 2.30. The zero-order valence-corrected chi connectivity index (χ0v) is 14.6. The first kappa shape index (κ1) is 16.0. The molecule has 1 fully saturated rings. The van der Waals surface area contributed by atoms with Crippen LogP contribution >= 0.6 is 11.3 Å². The van der Waals surface area contributed by atoms with Crippen molar-refractivity contribution in [1.29, 1.82) is 0 Å². The summed E-state index contributed by atoms with van der Waals surface area (Å²) in [7, 11) is 0. The Morgan fingerprint density at radius 3 is 3.00 bits per heavy atom. The molecule has 1 amide bonds. The number of carbonyl (C=O) groups excluding carboxylic acids is 1. The second kappa shape index (κ2) is 7.14. The van der Waals surface area contributed by atoms with Gasteiger partial charge in [0.2, 0.25) is 0 Å². The van der Waals surface area contributed by atoms with Gasteiger partial charge in [-0.3, -0.25) is 9.89 Å². The Kier molecular flexibility index (Phi) is 4.56. The monoisotopic (exact) mass is 353 g/mol. The van der Waals surface area contributed by atoms with E-state index in [1.54, 1.807) is 0 Å². The fourth-order valence-electron chi connectivity index (χ4n) is 3.32. The Balaban J connectivity index is 1.44. The molecule has 2 aromatic heterocycles. The summed E-state index contributed by atoms with van der Waals surface area (Å²) < 4.78 is 0. The molecule has 1 N–H and O–H groups in total. The lowest BCUT2D eigenvalue weighted by Crippen LogP contribution is -2.36. The van der Waals surface area contributed by atoms with Crippen LogP contribution in [-0.4, -0.2) is 43.6 Å². The maximum Gasteiger partial charge on any atom is 0.273 e. The van der Waals surface area contributed by atoms with E-state index in [-0.39, 0.29) is 5.91 Å². The Morgan fingerprint density at radius 2 is 2.20 bits per heavy atom. The molecular formula is C18H19N5OS. The molecule has 1 atom stereocenters. The molecule has 6 nitrogen and oxygen atoms in total. The lowest BCUT2D eigenvalue weighted by molar-refractivity contribution is 0.0725. The number of aromatic nitrogens is 4. The number of hydrogen-bond donors (Lipinski definition) is 1. The van der Waals surface area contributed by atoms with Crippen molar-refractivity contribution in [2.45, 2.75) is 31.7 Å². The minimum atomic E-state index is 0.0255. The Morgan fingerprint density at radius 1 is 1.32 bits per heavy atom. The highest BCUT2D eigenvalue weighted by Crippen LogP contribution is 2.26. The molecule has 7 heteroatoms. The van der Waals surface area contributed by atoms with Gasteiger partial charge in [-0.25, -0.2) is 9.97 Å². The van der Waals surface area contributed by atoms with Gasteiger partial charge in [0.15, 0.2) is 10.8 Å². The number of thiazole rings is 1. The van der Waals surface area contributed by atoms with Crippen molar-refractivity contribution in [1.82, 2.24) is 25.1 Å². The average molecular weight is 353 g/mol. The van der Waals surface area contributed by atoms with Gasteiger partial charge < -0.3 is 4.90 Å². The molecule has 4 rings (SSSR count). The van der Waals surface area contributed by atoms with Crippen molar-refractivity contribution >= 4 is 17.2 Å². The number of nitrogens with zero attached hydrogens (tertiary/aromatic N) is 4. The van der Waals surface area contributed by atoms with E-state index in [9.17, 15) is 4.79 Å². The number of benzene rings is 1.